The van der Waals surface area contributed by atoms with Crippen molar-refractivity contribution in [3.8, 4) is 11.8 Å². The molecule has 0 unspecified atom stereocenters. The summed E-state index contributed by atoms with van der Waals surface area (Å²) in [5, 5.41) is 12.1. The summed E-state index contributed by atoms with van der Waals surface area (Å²) in [5.74, 6) is 1.39. The predicted molar refractivity (Wildman–Crippen MR) is 82.7 cm³/mol. The molecule has 4 nitrogen and oxygen atoms in total. The molecule has 0 saturated heterocycles. The molecule has 0 bridgehead atoms. The molecule has 0 aliphatic heterocycles. The van der Waals surface area contributed by atoms with Gasteiger partial charge in [-0.15, -0.1) is 0 Å². The van der Waals surface area contributed by atoms with E-state index in [1.165, 1.54) is 0 Å². The van der Waals surface area contributed by atoms with Crippen molar-refractivity contribution in [1.29, 1.82) is 5.26 Å². The number of allylic oxidation sites excluding steroid dienone is 2. The fraction of sp³-hybridized carbons (Fsp3) is 0.250. The minimum atomic E-state index is 0.519. The van der Waals surface area contributed by atoms with Gasteiger partial charge in [0.05, 0.1) is 18.0 Å². The SMILES string of the molecule is C=C/C(=C\NC(C)=NC)c1ccc(C#N)c(OCC)c1. The number of nitrogens with zero attached hydrogens (tertiary/aromatic N) is 2. The van der Waals surface area contributed by atoms with E-state index in [1.54, 1.807) is 19.2 Å². The topological polar surface area (TPSA) is 57.4 Å². The highest BCUT2D eigenvalue weighted by molar-refractivity contribution is 5.83. The number of rotatable bonds is 5. The molecule has 1 aromatic rings. The van der Waals surface area contributed by atoms with Crippen molar-refractivity contribution in [2.24, 2.45) is 4.99 Å². The summed E-state index contributed by atoms with van der Waals surface area (Å²) in [5.41, 5.74) is 2.36. The fourth-order valence-corrected chi connectivity index (χ4v) is 1.58. The van der Waals surface area contributed by atoms with Gasteiger partial charge in [-0.05, 0) is 37.1 Å². The Kier molecular flexibility index (Phi) is 6.05. The first-order chi connectivity index (χ1) is 9.65. The van der Waals surface area contributed by atoms with Crippen LogP contribution in [0.25, 0.3) is 5.57 Å². The third kappa shape index (κ3) is 3.99. The maximum atomic E-state index is 9.05. The van der Waals surface area contributed by atoms with E-state index in [4.69, 9.17) is 10.00 Å². The second kappa shape index (κ2) is 7.80. The van der Waals surface area contributed by atoms with Crippen LogP contribution >= 0.6 is 0 Å². The van der Waals surface area contributed by atoms with Gasteiger partial charge >= 0.3 is 0 Å². The molecule has 1 N–H and O–H groups in total. The Morgan fingerprint density at radius 2 is 2.30 bits per heavy atom. The quantitative estimate of drug-likeness (QED) is 0.507. The number of ether oxygens (including phenoxy) is 1. The van der Waals surface area contributed by atoms with Crippen molar-refractivity contribution in [1.82, 2.24) is 5.32 Å². The van der Waals surface area contributed by atoms with Crippen molar-refractivity contribution >= 4 is 11.4 Å². The minimum Gasteiger partial charge on any atom is -0.492 e. The van der Waals surface area contributed by atoms with Gasteiger partial charge in [-0.2, -0.15) is 5.26 Å². The number of aliphatic imine (C=N–C) groups is 1. The summed E-state index contributed by atoms with van der Waals surface area (Å²) in [6.45, 7) is 8.09. The summed E-state index contributed by atoms with van der Waals surface area (Å²) >= 11 is 0. The van der Waals surface area contributed by atoms with Crippen molar-refractivity contribution in [3.05, 3.63) is 48.2 Å². The standard InChI is InChI=1S/C16H19N3O/c1-5-13(11-19-12(3)18-4)14-7-8-15(10-17)16(9-14)20-6-2/h5,7-9,11H,1,6H2,2-4H3,(H,18,19)/b13-11+. The molecule has 20 heavy (non-hydrogen) atoms. The minimum absolute atomic E-state index is 0.519. The summed E-state index contributed by atoms with van der Waals surface area (Å²) in [6, 6.07) is 7.58. The van der Waals surface area contributed by atoms with Crippen LogP contribution in [0.5, 0.6) is 5.75 Å². The first kappa shape index (κ1) is 15.5. The summed E-state index contributed by atoms with van der Waals surface area (Å²) in [4.78, 5) is 4.02. The van der Waals surface area contributed by atoms with Crippen molar-refractivity contribution in [2.45, 2.75) is 13.8 Å². The van der Waals surface area contributed by atoms with Gasteiger partial charge in [0.15, 0.2) is 0 Å². The molecule has 0 amide bonds. The average Bonchev–Trinajstić information content (AvgIpc) is 2.48. The Hall–Kier alpha value is -2.54. The highest BCUT2D eigenvalue weighted by atomic mass is 16.5. The first-order valence-electron chi connectivity index (χ1n) is 6.36. The van der Waals surface area contributed by atoms with Crippen LogP contribution in [0.1, 0.15) is 25.0 Å². The molecule has 1 aromatic carbocycles. The molecule has 0 spiro atoms. The van der Waals surface area contributed by atoms with Gasteiger partial charge in [0.2, 0.25) is 0 Å². The molecule has 0 atom stereocenters. The third-order valence-corrected chi connectivity index (χ3v) is 2.73. The van der Waals surface area contributed by atoms with Crippen LogP contribution in [0.2, 0.25) is 0 Å². The van der Waals surface area contributed by atoms with E-state index in [9.17, 15) is 0 Å². The molecule has 0 heterocycles. The van der Waals surface area contributed by atoms with Crippen LogP contribution in [0.15, 0.2) is 42.0 Å². The molecular formula is C16H19N3O. The highest BCUT2D eigenvalue weighted by Gasteiger charge is 2.06. The van der Waals surface area contributed by atoms with Gasteiger partial charge in [-0.1, -0.05) is 18.7 Å². The molecule has 104 valence electrons. The van der Waals surface area contributed by atoms with Gasteiger partial charge in [0.1, 0.15) is 11.8 Å². The van der Waals surface area contributed by atoms with Gasteiger partial charge in [0.25, 0.3) is 0 Å². The zero-order valence-corrected chi connectivity index (χ0v) is 12.1. The molecule has 0 radical (unpaired) electrons. The Morgan fingerprint density at radius 3 is 2.85 bits per heavy atom. The molecule has 0 aliphatic rings. The largest absolute Gasteiger partial charge is 0.492 e. The van der Waals surface area contributed by atoms with E-state index in [0.717, 1.165) is 17.0 Å². The summed E-state index contributed by atoms with van der Waals surface area (Å²) in [6.07, 6.45) is 3.57. The zero-order chi connectivity index (χ0) is 15.0. The Labute approximate surface area is 120 Å². The lowest BCUT2D eigenvalue weighted by molar-refractivity contribution is 0.339. The van der Waals surface area contributed by atoms with E-state index in [1.807, 2.05) is 32.2 Å². The van der Waals surface area contributed by atoms with Crippen LogP contribution in [0.3, 0.4) is 0 Å². The fourth-order valence-electron chi connectivity index (χ4n) is 1.58. The lowest BCUT2D eigenvalue weighted by atomic mass is 10.0. The predicted octanol–water partition coefficient (Wildman–Crippen LogP) is 3.12. The molecule has 0 aliphatic carbocycles. The Morgan fingerprint density at radius 1 is 1.55 bits per heavy atom. The third-order valence-electron chi connectivity index (χ3n) is 2.73. The first-order valence-corrected chi connectivity index (χ1v) is 6.36. The number of nitrogens with one attached hydrogen (secondary N) is 1. The van der Waals surface area contributed by atoms with E-state index in [2.05, 4.69) is 23.0 Å². The average molecular weight is 269 g/mol. The van der Waals surface area contributed by atoms with E-state index >= 15 is 0 Å². The molecule has 0 saturated carbocycles. The Bertz CT molecular complexity index is 580. The van der Waals surface area contributed by atoms with Crippen LogP contribution in [-0.2, 0) is 0 Å². The normalized spacial score (nSPS) is 11.7. The second-order valence-corrected chi connectivity index (χ2v) is 4.01. The highest BCUT2D eigenvalue weighted by Crippen LogP contribution is 2.24. The number of benzene rings is 1. The second-order valence-electron chi connectivity index (χ2n) is 4.01. The van der Waals surface area contributed by atoms with Crippen molar-refractivity contribution in [3.63, 3.8) is 0 Å². The lowest BCUT2D eigenvalue weighted by Gasteiger charge is -2.09. The monoisotopic (exact) mass is 269 g/mol. The molecule has 1 rings (SSSR count). The van der Waals surface area contributed by atoms with Gasteiger partial charge < -0.3 is 10.1 Å². The number of hydrogen-bond acceptors (Lipinski definition) is 3. The van der Waals surface area contributed by atoms with Gasteiger partial charge in [-0.25, -0.2) is 0 Å². The zero-order valence-electron chi connectivity index (χ0n) is 12.1. The van der Waals surface area contributed by atoms with Gasteiger partial charge in [-0.3, -0.25) is 4.99 Å². The van der Waals surface area contributed by atoms with E-state index < -0.39 is 0 Å². The molecule has 4 heteroatoms. The van der Waals surface area contributed by atoms with Crippen LogP contribution < -0.4 is 10.1 Å². The van der Waals surface area contributed by atoms with Crippen LogP contribution in [-0.4, -0.2) is 19.5 Å². The van der Waals surface area contributed by atoms with Gasteiger partial charge in [0, 0.05) is 13.2 Å². The molecular weight excluding hydrogens is 250 g/mol. The van der Waals surface area contributed by atoms with E-state index in [0.29, 0.717) is 17.9 Å². The Balaban J connectivity index is 3.13. The van der Waals surface area contributed by atoms with Crippen LogP contribution in [0, 0.1) is 11.3 Å². The smallest absolute Gasteiger partial charge is 0.137 e. The molecule has 0 aromatic heterocycles. The number of nitriles is 1. The number of amidine groups is 1. The lowest BCUT2D eigenvalue weighted by Crippen LogP contribution is -2.13. The van der Waals surface area contributed by atoms with E-state index in [-0.39, 0.29) is 0 Å². The van der Waals surface area contributed by atoms with Crippen molar-refractivity contribution < 1.29 is 4.74 Å². The maximum Gasteiger partial charge on any atom is 0.137 e. The summed E-state index contributed by atoms with van der Waals surface area (Å²) in [7, 11) is 1.72. The van der Waals surface area contributed by atoms with Crippen molar-refractivity contribution in [2.75, 3.05) is 13.7 Å². The van der Waals surface area contributed by atoms with Crippen LogP contribution in [0.4, 0.5) is 0 Å². The summed E-state index contributed by atoms with van der Waals surface area (Å²) < 4.78 is 5.48. The number of hydrogen-bond donors (Lipinski definition) is 1. The molecule has 0 fully saturated rings. The maximum absolute atomic E-state index is 9.05.